The van der Waals surface area contributed by atoms with Gasteiger partial charge >= 0.3 is 0 Å². The van der Waals surface area contributed by atoms with E-state index in [9.17, 15) is 5.11 Å². The molecule has 0 saturated heterocycles. The van der Waals surface area contributed by atoms with Gasteiger partial charge in [-0.2, -0.15) is 0 Å². The summed E-state index contributed by atoms with van der Waals surface area (Å²) in [7, 11) is 1.67. The van der Waals surface area contributed by atoms with Crippen LogP contribution in [0.3, 0.4) is 0 Å². The monoisotopic (exact) mass is 266 g/mol. The van der Waals surface area contributed by atoms with Gasteiger partial charge in [0.25, 0.3) is 0 Å². The third-order valence-corrected chi connectivity index (χ3v) is 3.39. The summed E-state index contributed by atoms with van der Waals surface area (Å²) < 4.78 is 5.40. The maximum atomic E-state index is 10.4. The summed E-state index contributed by atoms with van der Waals surface area (Å²) >= 11 is 0. The molecule has 1 aromatic rings. The summed E-state index contributed by atoms with van der Waals surface area (Å²) in [5.74, 6) is 0.868. The van der Waals surface area contributed by atoms with Gasteiger partial charge in [-0.3, -0.25) is 4.98 Å². The summed E-state index contributed by atoms with van der Waals surface area (Å²) in [6.07, 6.45) is 3.06. The highest BCUT2D eigenvalue weighted by Gasteiger charge is 2.23. The molecular formula is C15H26N2O2. The van der Waals surface area contributed by atoms with Crippen LogP contribution in [0.15, 0.2) is 6.20 Å². The lowest BCUT2D eigenvalue weighted by atomic mass is 9.93. The van der Waals surface area contributed by atoms with Crippen LogP contribution in [0.25, 0.3) is 0 Å². The summed E-state index contributed by atoms with van der Waals surface area (Å²) in [6, 6.07) is 0. The largest absolute Gasteiger partial charge is 0.496 e. The van der Waals surface area contributed by atoms with E-state index >= 15 is 0 Å². The molecule has 0 amide bonds. The van der Waals surface area contributed by atoms with Crippen LogP contribution in [0.5, 0.6) is 5.75 Å². The van der Waals surface area contributed by atoms with Crippen molar-refractivity contribution in [1.29, 1.82) is 0 Å². The van der Waals surface area contributed by atoms with Crippen molar-refractivity contribution in [3.8, 4) is 5.75 Å². The van der Waals surface area contributed by atoms with Gasteiger partial charge in [-0.05, 0) is 40.3 Å². The lowest BCUT2D eigenvalue weighted by Crippen LogP contribution is -2.32. The number of methoxy groups -OCH3 is 1. The van der Waals surface area contributed by atoms with E-state index < -0.39 is 5.60 Å². The van der Waals surface area contributed by atoms with Gasteiger partial charge in [-0.15, -0.1) is 0 Å². The lowest BCUT2D eigenvalue weighted by Gasteiger charge is -2.24. The molecule has 108 valence electrons. The van der Waals surface area contributed by atoms with E-state index in [1.807, 2.05) is 27.0 Å². The fourth-order valence-electron chi connectivity index (χ4n) is 2.23. The third kappa shape index (κ3) is 4.48. The Morgan fingerprint density at radius 3 is 2.68 bits per heavy atom. The number of hydrogen-bond acceptors (Lipinski definition) is 4. The zero-order chi connectivity index (χ0) is 14.5. The summed E-state index contributed by atoms with van der Waals surface area (Å²) in [4.78, 5) is 4.44. The van der Waals surface area contributed by atoms with Crippen LogP contribution >= 0.6 is 0 Å². The van der Waals surface area contributed by atoms with Gasteiger partial charge < -0.3 is 15.2 Å². The van der Waals surface area contributed by atoms with Gasteiger partial charge in [0, 0.05) is 29.4 Å². The Balaban J connectivity index is 2.81. The lowest BCUT2D eigenvalue weighted by molar-refractivity contribution is 0.0505. The molecule has 0 spiro atoms. The van der Waals surface area contributed by atoms with Gasteiger partial charge in [-0.25, -0.2) is 0 Å². The standard InChI is InChI=1S/C15H26N2O2/c1-6-16-8-7-15(4,18)9-13-12(3)14(19-5)11(2)10-17-13/h10,16,18H,6-9H2,1-5H3. The number of pyridine rings is 1. The molecule has 0 aliphatic heterocycles. The number of nitrogens with one attached hydrogen (secondary N) is 1. The molecule has 0 fully saturated rings. The molecule has 0 saturated carbocycles. The summed E-state index contributed by atoms with van der Waals surface area (Å²) in [5, 5.41) is 13.7. The zero-order valence-electron chi connectivity index (χ0n) is 12.7. The smallest absolute Gasteiger partial charge is 0.128 e. The minimum Gasteiger partial charge on any atom is -0.496 e. The topological polar surface area (TPSA) is 54.4 Å². The third-order valence-electron chi connectivity index (χ3n) is 3.39. The molecule has 4 nitrogen and oxygen atoms in total. The second-order valence-electron chi connectivity index (χ2n) is 5.32. The second-order valence-corrected chi connectivity index (χ2v) is 5.32. The molecular weight excluding hydrogens is 240 g/mol. The molecule has 1 aromatic heterocycles. The molecule has 0 aliphatic rings. The Kier molecular flexibility index (Phi) is 5.76. The average Bonchev–Trinajstić information content (AvgIpc) is 2.34. The number of rotatable bonds is 7. The first-order valence-corrected chi connectivity index (χ1v) is 6.83. The van der Waals surface area contributed by atoms with E-state index in [1.165, 1.54) is 0 Å². The van der Waals surface area contributed by atoms with Gasteiger partial charge in [0.1, 0.15) is 5.75 Å². The average molecular weight is 266 g/mol. The van der Waals surface area contributed by atoms with E-state index in [-0.39, 0.29) is 0 Å². The Hall–Kier alpha value is -1.13. The van der Waals surface area contributed by atoms with E-state index in [0.717, 1.165) is 35.7 Å². The first kappa shape index (κ1) is 15.9. The Morgan fingerprint density at radius 2 is 2.11 bits per heavy atom. The second kappa shape index (κ2) is 6.87. The molecule has 2 N–H and O–H groups in total. The van der Waals surface area contributed by atoms with Crippen molar-refractivity contribution in [3.63, 3.8) is 0 Å². The van der Waals surface area contributed by atoms with Gasteiger partial charge in [0.15, 0.2) is 0 Å². The van der Waals surface area contributed by atoms with Crippen LogP contribution < -0.4 is 10.1 Å². The normalized spacial score (nSPS) is 14.2. The van der Waals surface area contributed by atoms with Crippen LogP contribution in [0.2, 0.25) is 0 Å². The predicted molar refractivity (Wildman–Crippen MR) is 77.8 cm³/mol. The van der Waals surface area contributed by atoms with Crippen molar-refractivity contribution in [3.05, 3.63) is 23.0 Å². The van der Waals surface area contributed by atoms with Gasteiger partial charge in [-0.1, -0.05) is 6.92 Å². The quantitative estimate of drug-likeness (QED) is 0.741. The zero-order valence-corrected chi connectivity index (χ0v) is 12.7. The van der Waals surface area contributed by atoms with Crippen LogP contribution in [0, 0.1) is 13.8 Å². The molecule has 0 aromatic carbocycles. The fourth-order valence-corrected chi connectivity index (χ4v) is 2.23. The van der Waals surface area contributed by atoms with Gasteiger partial charge in [0.2, 0.25) is 0 Å². The van der Waals surface area contributed by atoms with Crippen molar-refractivity contribution in [1.82, 2.24) is 10.3 Å². The number of aromatic nitrogens is 1. The highest BCUT2D eigenvalue weighted by atomic mass is 16.5. The molecule has 19 heavy (non-hydrogen) atoms. The summed E-state index contributed by atoms with van der Waals surface area (Å²) in [6.45, 7) is 9.63. The first-order chi connectivity index (χ1) is 8.91. The van der Waals surface area contributed by atoms with E-state index in [2.05, 4.69) is 17.2 Å². The van der Waals surface area contributed by atoms with Crippen LogP contribution in [0.4, 0.5) is 0 Å². The number of nitrogens with zero attached hydrogens (tertiary/aromatic N) is 1. The Labute approximate surface area is 116 Å². The Morgan fingerprint density at radius 1 is 1.42 bits per heavy atom. The van der Waals surface area contributed by atoms with Crippen molar-refractivity contribution in [2.75, 3.05) is 20.2 Å². The number of hydrogen-bond donors (Lipinski definition) is 2. The van der Waals surface area contributed by atoms with Crippen molar-refractivity contribution in [2.24, 2.45) is 0 Å². The minimum atomic E-state index is -0.750. The molecule has 1 atom stereocenters. The number of aryl methyl sites for hydroxylation is 1. The van der Waals surface area contributed by atoms with Crippen LogP contribution in [-0.2, 0) is 6.42 Å². The minimum absolute atomic E-state index is 0.543. The fraction of sp³-hybridized carbons (Fsp3) is 0.667. The van der Waals surface area contributed by atoms with Crippen molar-refractivity contribution < 1.29 is 9.84 Å². The number of aliphatic hydroxyl groups is 1. The highest BCUT2D eigenvalue weighted by molar-refractivity contribution is 5.41. The van der Waals surface area contributed by atoms with Crippen LogP contribution in [0.1, 0.15) is 37.1 Å². The molecule has 0 radical (unpaired) electrons. The van der Waals surface area contributed by atoms with E-state index in [1.54, 1.807) is 7.11 Å². The maximum Gasteiger partial charge on any atom is 0.128 e. The SMILES string of the molecule is CCNCCC(C)(O)Cc1ncc(C)c(OC)c1C. The van der Waals surface area contributed by atoms with Gasteiger partial charge in [0.05, 0.1) is 12.7 Å². The van der Waals surface area contributed by atoms with E-state index in [0.29, 0.717) is 12.8 Å². The van der Waals surface area contributed by atoms with Crippen molar-refractivity contribution >= 4 is 0 Å². The highest BCUT2D eigenvalue weighted by Crippen LogP contribution is 2.27. The first-order valence-electron chi connectivity index (χ1n) is 6.83. The summed E-state index contributed by atoms with van der Waals surface area (Å²) in [5.41, 5.74) is 2.20. The molecule has 0 bridgehead atoms. The maximum absolute atomic E-state index is 10.4. The molecule has 1 rings (SSSR count). The predicted octanol–water partition coefficient (Wildman–Crippen LogP) is 2.00. The Bertz CT molecular complexity index is 417. The van der Waals surface area contributed by atoms with Crippen LogP contribution in [-0.4, -0.2) is 35.9 Å². The molecule has 1 unspecified atom stereocenters. The van der Waals surface area contributed by atoms with Crippen molar-refractivity contribution in [2.45, 2.75) is 46.1 Å². The molecule has 0 aliphatic carbocycles. The van der Waals surface area contributed by atoms with E-state index in [4.69, 9.17) is 4.74 Å². The molecule has 1 heterocycles. The number of ether oxygens (including phenoxy) is 1. The molecule has 4 heteroatoms.